The number of hydrogen-bond acceptors (Lipinski definition) is 5. The number of thioether (sulfide) groups is 1. The molecule has 2 atom stereocenters. The topological polar surface area (TPSA) is 75.7 Å². The largest absolute Gasteiger partial charge is 0.373 e. The molecule has 0 radical (unpaired) electrons. The van der Waals surface area contributed by atoms with Crippen molar-refractivity contribution < 1.29 is 17.9 Å². The van der Waals surface area contributed by atoms with Crippen LogP contribution in [0.4, 0.5) is 5.69 Å². The summed E-state index contributed by atoms with van der Waals surface area (Å²) in [6, 6.07) is 14.5. The first-order chi connectivity index (χ1) is 14.2. The molecule has 0 aromatic heterocycles. The summed E-state index contributed by atoms with van der Waals surface area (Å²) in [5.74, 6) is 0.579. The third-order valence-corrected chi connectivity index (χ3v) is 7.64. The molecule has 0 bridgehead atoms. The maximum atomic E-state index is 12.9. The number of carbonyl (C=O) groups excluding carboxylic acids is 1. The monoisotopic (exact) mass is 448 g/mol. The minimum absolute atomic E-state index is 0.0963. The third kappa shape index (κ3) is 6.07. The summed E-state index contributed by atoms with van der Waals surface area (Å²) in [4.78, 5) is 13.5. The van der Waals surface area contributed by atoms with Gasteiger partial charge < -0.3 is 10.1 Å². The molecule has 30 heavy (non-hydrogen) atoms. The van der Waals surface area contributed by atoms with Crippen LogP contribution < -0.4 is 5.32 Å². The van der Waals surface area contributed by atoms with Gasteiger partial charge >= 0.3 is 0 Å². The number of ether oxygens (including phenoxy) is 1. The van der Waals surface area contributed by atoms with Crippen molar-refractivity contribution in [2.75, 3.05) is 24.2 Å². The van der Waals surface area contributed by atoms with Crippen LogP contribution in [0.2, 0.25) is 0 Å². The molecule has 1 aliphatic heterocycles. The number of anilines is 1. The fraction of sp³-hybridized carbons (Fsp3) is 0.409. The van der Waals surface area contributed by atoms with Gasteiger partial charge in [-0.1, -0.05) is 17.7 Å². The summed E-state index contributed by atoms with van der Waals surface area (Å²) in [6.07, 6.45) is 0.0991. The zero-order valence-electron chi connectivity index (χ0n) is 17.5. The summed E-state index contributed by atoms with van der Waals surface area (Å²) < 4.78 is 32.9. The van der Waals surface area contributed by atoms with E-state index in [1.165, 1.54) is 22.0 Å². The standard InChI is InChI=1S/C22H28N2O4S2/c1-16-4-8-20(9-5-16)29-13-12-22(25)23-19-6-10-21(11-7-19)30(26,27)24-14-17(2)28-18(3)15-24/h4-11,17-18H,12-15H2,1-3H3,(H,23,25). The fourth-order valence-electron chi connectivity index (χ4n) is 3.31. The van der Waals surface area contributed by atoms with Gasteiger partial charge in [0.05, 0.1) is 17.1 Å². The van der Waals surface area contributed by atoms with E-state index >= 15 is 0 Å². The summed E-state index contributed by atoms with van der Waals surface area (Å²) in [5, 5.41) is 2.83. The average Bonchev–Trinajstić information content (AvgIpc) is 2.69. The summed E-state index contributed by atoms with van der Waals surface area (Å²) >= 11 is 1.63. The second kappa shape index (κ2) is 9.96. The molecule has 1 heterocycles. The van der Waals surface area contributed by atoms with Crippen LogP contribution >= 0.6 is 11.8 Å². The van der Waals surface area contributed by atoms with E-state index < -0.39 is 10.0 Å². The van der Waals surface area contributed by atoms with Gasteiger partial charge in [-0.15, -0.1) is 11.8 Å². The summed E-state index contributed by atoms with van der Waals surface area (Å²) in [5.41, 5.74) is 1.79. The molecule has 0 spiro atoms. The summed E-state index contributed by atoms with van der Waals surface area (Å²) in [6.45, 7) is 6.45. The zero-order chi connectivity index (χ0) is 21.7. The van der Waals surface area contributed by atoms with Crippen molar-refractivity contribution >= 4 is 33.4 Å². The van der Waals surface area contributed by atoms with Gasteiger partial charge in [0.2, 0.25) is 15.9 Å². The predicted octanol–water partition coefficient (Wildman–Crippen LogP) is 3.91. The maximum Gasteiger partial charge on any atom is 0.243 e. The quantitative estimate of drug-likeness (QED) is 0.650. The second-order valence-corrected chi connectivity index (χ2v) is 10.7. The van der Waals surface area contributed by atoms with Crippen LogP contribution in [0.25, 0.3) is 0 Å². The highest BCUT2D eigenvalue weighted by Gasteiger charge is 2.32. The number of morpholine rings is 1. The van der Waals surface area contributed by atoms with Gasteiger partial charge in [-0.3, -0.25) is 4.79 Å². The van der Waals surface area contributed by atoms with Gasteiger partial charge in [0.1, 0.15) is 0 Å². The molecule has 162 valence electrons. The Hall–Kier alpha value is -1.87. The number of sulfonamides is 1. The Morgan fingerprint density at radius 3 is 2.27 bits per heavy atom. The van der Waals surface area contributed by atoms with Crippen molar-refractivity contribution in [1.82, 2.24) is 4.31 Å². The molecule has 6 nitrogen and oxygen atoms in total. The van der Waals surface area contributed by atoms with Crippen LogP contribution in [0, 0.1) is 6.92 Å². The Labute approximate surface area is 183 Å². The lowest BCUT2D eigenvalue weighted by Gasteiger charge is -2.34. The molecule has 3 rings (SSSR count). The average molecular weight is 449 g/mol. The summed E-state index contributed by atoms with van der Waals surface area (Å²) in [7, 11) is -3.58. The molecular weight excluding hydrogens is 420 g/mol. The molecular formula is C22H28N2O4S2. The number of rotatable bonds is 7. The first-order valence-corrected chi connectivity index (χ1v) is 12.4. The molecule has 8 heteroatoms. The number of hydrogen-bond donors (Lipinski definition) is 1. The van der Waals surface area contributed by atoms with E-state index in [2.05, 4.69) is 17.4 Å². The van der Waals surface area contributed by atoms with Crippen molar-refractivity contribution in [2.45, 2.75) is 49.2 Å². The van der Waals surface area contributed by atoms with Crippen LogP contribution in [0.1, 0.15) is 25.8 Å². The number of nitrogens with zero attached hydrogens (tertiary/aromatic N) is 1. The van der Waals surface area contributed by atoms with E-state index in [1.54, 1.807) is 23.9 Å². The van der Waals surface area contributed by atoms with Crippen molar-refractivity contribution in [2.24, 2.45) is 0 Å². The SMILES string of the molecule is Cc1ccc(SCCC(=O)Nc2ccc(S(=O)(=O)N3CC(C)OC(C)C3)cc2)cc1. The van der Waals surface area contributed by atoms with Crippen LogP contribution in [0.15, 0.2) is 58.3 Å². The van der Waals surface area contributed by atoms with Crippen LogP contribution in [0.5, 0.6) is 0 Å². The molecule has 2 unspecified atom stereocenters. The lowest BCUT2D eigenvalue weighted by molar-refractivity contribution is -0.115. The number of benzene rings is 2. The van der Waals surface area contributed by atoms with Crippen molar-refractivity contribution in [3.63, 3.8) is 0 Å². The predicted molar refractivity (Wildman–Crippen MR) is 120 cm³/mol. The number of amides is 1. The number of nitrogens with one attached hydrogen (secondary N) is 1. The van der Waals surface area contributed by atoms with E-state index in [4.69, 9.17) is 4.74 Å². The maximum absolute atomic E-state index is 12.9. The highest BCUT2D eigenvalue weighted by molar-refractivity contribution is 7.99. The molecule has 1 fully saturated rings. The minimum Gasteiger partial charge on any atom is -0.373 e. The Kier molecular flexibility index (Phi) is 7.57. The first kappa shape index (κ1) is 22.8. The van der Waals surface area contributed by atoms with Gasteiger partial charge in [-0.2, -0.15) is 4.31 Å². The van der Waals surface area contributed by atoms with E-state index in [-0.39, 0.29) is 23.0 Å². The molecule has 0 aliphatic carbocycles. The third-order valence-electron chi connectivity index (χ3n) is 4.78. The number of aryl methyl sites for hydroxylation is 1. The van der Waals surface area contributed by atoms with E-state index in [0.29, 0.717) is 31.0 Å². The molecule has 1 amide bonds. The van der Waals surface area contributed by atoms with Crippen molar-refractivity contribution in [3.05, 3.63) is 54.1 Å². The Bertz CT molecular complexity index is 950. The Morgan fingerprint density at radius 2 is 1.67 bits per heavy atom. The Balaban J connectivity index is 1.53. The normalized spacial score (nSPS) is 20.1. The lowest BCUT2D eigenvalue weighted by Crippen LogP contribution is -2.48. The second-order valence-electron chi connectivity index (χ2n) is 7.56. The van der Waals surface area contributed by atoms with Gasteiger partial charge in [-0.05, 0) is 57.2 Å². The molecule has 1 saturated heterocycles. The zero-order valence-corrected chi connectivity index (χ0v) is 19.1. The lowest BCUT2D eigenvalue weighted by atomic mass is 10.2. The minimum atomic E-state index is -3.58. The van der Waals surface area contributed by atoms with E-state index in [9.17, 15) is 13.2 Å². The molecule has 0 saturated carbocycles. The highest BCUT2D eigenvalue weighted by Crippen LogP contribution is 2.23. The van der Waals surface area contributed by atoms with E-state index in [0.717, 1.165) is 4.90 Å². The van der Waals surface area contributed by atoms with Crippen LogP contribution in [0.3, 0.4) is 0 Å². The van der Waals surface area contributed by atoms with Gasteiger partial charge in [-0.25, -0.2) is 8.42 Å². The van der Waals surface area contributed by atoms with Gasteiger partial charge in [0.15, 0.2) is 0 Å². The molecule has 1 aliphatic rings. The Morgan fingerprint density at radius 1 is 1.07 bits per heavy atom. The highest BCUT2D eigenvalue weighted by atomic mass is 32.2. The molecule has 1 N–H and O–H groups in total. The van der Waals surface area contributed by atoms with Crippen LogP contribution in [-0.4, -0.2) is 49.7 Å². The fourth-order valence-corrected chi connectivity index (χ4v) is 5.75. The molecule has 2 aromatic rings. The van der Waals surface area contributed by atoms with Crippen molar-refractivity contribution in [1.29, 1.82) is 0 Å². The van der Waals surface area contributed by atoms with Gasteiger partial charge in [0, 0.05) is 35.8 Å². The first-order valence-electron chi connectivity index (χ1n) is 9.99. The smallest absolute Gasteiger partial charge is 0.243 e. The van der Waals surface area contributed by atoms with Gasteiger partial charge in [0.25, 0.3) is 0 Å². The number of carbonyl (C=O) groups is 1. The molecule has 2 aromatic carbocycles. The van der Waals surface area contributed by atoms with Crippen molar-refractivity contribution in [3.8, 4) is 0 Å². The van der Waals surface area contributed by atoms with Crippen LogP contribution in [-0.2, 0) is 19.6 Å². The van der Waals surface area contributed by atoms with E-state index in [1.807, 2.05) is 32.9 Å².